The van der Waals surface area contributed by atoms with Crippen LogP contribution in [-0.4, -0.2) is 16.9 Å². The Hall–Kier alpha value is -2.59. The Labute approximate surface area is 186 Å². The third-order valence-corrected chi connectivity index (χ3v) is 6.10. The molecule has 3 aromatic rings. The first-order chi connectivity index (χ1) is 15.1. The van der Waals surface area contributed by atoms with Crippen LogP contribution in [0, 0.1) is 12.8 Å². The van der Waals surface area contributed by atoms with Crippen LogP contribution in [0.5, 0.6) is 5.75 Å². The lowest BCUT2D eigenvalue weighted by molar-refractivity contribution is 0.0986. The molecule has 1 aromatic heterocycles. The summed E-state index contributed by atoms with van der Waals surface area (Å²) in [6, 6.07) is 16.3. The van der Waals surface area contributed by atoms with E-state index in [2.05, 4.69) is 30.5 Å². The number of hydrogen-bond acceptors (Lipinski definition) is 3. The van der Waals surface area contributed by atoms with Gasteiger partial charge in [-0.1, -0.05) is 56.2 Å². The lowest BCUT2D eigenvalue weighted by atomic mass is 9.98. The van der Waals surface area contributed by atoms with Crippen LogP contribution >= 0.6 is 0 Å². The maximum absolute atomic E-state index is 12.9. The minimum Gasteiger partial charge on any atom is -0.487 e. The van der Waals surface area contributed by atoms with Gasteiger partial charge < -0.3 is 15.0 Å². The number of carbonyl (C=O) groups excluding carboxylic acids is 1. The number of rotatable bonds is 12. The van der Waals surface area contributed by atoms with E-state index >= 15 is 0 Å². The van der Waals surface area contributed by atoms with E-state index in [0.717, 1.165) is 53.8 Å². The molecule has 1 atom stereocenters. The SMILES string of the molecule is CCCC(CN)CCCn1c(COc2ccc(C)cc2)c(C(=O)CC)c2ccccc21. The summed E-state index contributed by atoms with van der Waals surface area (Å²) in [5.41, 5.74) is 10.1. The van der Waals surface area contributed by atoms with Gasteiger partial charge in [0.15, 0.2) is 5.78 Å². The van der Waals surface area contributed by atoms with E-state index in [1.165, 1.54) is 18.4 Å². The highest BCUT2D eigenvalue weighted by Crippen LogP contribution is 2.30. The highest BCUT2D eigenvalue weighted by Gasteiger charge is 2.22. The van der Waals surface area contributed by atoms with Gasteiger partial charge in [0.2, 0.25) is 0 Å². The van der Waals surface area contributed by atoms with Crippen molar-refractivity contribution in [3.63, 3.8) is 0 Å². The Bertz CT molecular complexity index is 988. The number of para-hydroxylation sites is 1. The Kier molecular flexibility index (Phi) is 8.30. The van der Waals surface area contributed by atoms with Gasteiger partial charge in [0, 0.05) is 29.4 Å². The molecule has 0 aliphatic heterocycles. The molecular weight excluding hydrogens is 384 g/mol. The summed E-state index contributed by atoms with van der Waals surface area (Å²) < 4.78 is 8.44. The van der Waals surface area contributed by atoms with Crippen molar-refractivity contribution in [1.29, 1.82) is 0 Å². The van der Waals surface area contributed by atoms with Crippen LogP contribution in [-0.2, 0) is 13.2 Å². The zero-order chi connectivity index (χ0) is 22.2. The second-order valence-electron chi connectivity index (χ2n) is 8.40. The van der Waals surface area contributed by atoms with Gasteiger partial charge in [0.1, 0.15) is 12.4 Å². The zero-order valence-electron chi connectivity index (χ0n) is 19.2. The Morgan fingerprint density at radius 3 is 2.48 bits per heavy atom. The van der Waals surface area contributed by atoms with Gasteiger partial charge in [-0.3, -0.25) is 4.79 Å². The zero-order valence-corrected chi connectivity index (χ0v) is 19.2. The van der Waals surface area contributed by atoms with E-state index in [4.69, 9.17) is 10.5 Å². The van der Waals surface area contributed by atoms with Gasteiger partial charge in [-0.25, -0.2) is 0 Å². The molecule has 0 saturated heterocycles. The highest BCUT2D eigenvalue weighted by atomic mass is 16.5. The van der Waals surface area contributed by atoms with Gasteiger partial charge in [0.25, 0.3) is 0 Å². The number of benzene rings is 2. The normalized spacial score (nSPS) is 12.3. The minimum atomic E-state index is 0.170. The maximum atomic E-state index is 12.9. The fraction of sp³-hybridized carbons (Fsp3) is 0.444. The highest BCUT2D eigenvalue weighted by molar-refractivity contribution is 6.09. The number of nitrogens with zero attached hydrogens (tertiary/aromatic N) is 1. The second kappa shape index (κ2) is 11.1. The summed E-state index contributed by atoms with van der Waals surface area (Å²) in [6.45, 7) is 8.19. The first kappa shape index (κ1) is 23.1. The number of aryl methyl sites for hydroxylation is 2. The van der Waals surface area contributed by atoms with Gasteiger partial charge in [-0.2, -0.15) is 0 Å². The van der Waals surface area contributed by atoms with E-state index in [9.17, 15) is 4.79 Å². The first-order valence-electron chi connectivity index (χ1n) is 11.6. The van der Waals surface area contributed by atoms with Crippen LogP contribution in [0.15, 0.2) is 48.5 Å². The van der Waals surface area contributed by atoms with Crippen LogP contribution in [0.2, 0.25) is 0 Å². The number of Topliss-reactive ketones (excluding diaryl/α,β-unsaturated/α-hetero) is 1. The van der Waals surface area contributed by atoms with E-state index in [-0.39, 0.29) is 5.78 Å². The fourth-order valence-corrected chi connectivity index (χ4v) is 4.36. The molecule has 1 heterocycles. The molecule has 0 spiro atoms. The van der Waals surface area contributed by atoms with Crippen molar-refractivity contribution in [2.75, 3.05) is 6.54 Å². The smallest absolute Gasteiger partial charge is 0.165 e. The first-order valence-corrected chi connectivity index (χ1v) is 11.6. The van der Waals surface area contributed by atoms with Crippen molar-refractivity contribution in [3.05, 3.63) is 65.4 Å². The monoisotopic (exact) mass is 420 g/mol. The van der Waals surface area contributed by atoms with Gasteiger partial charge in [0.05, 0.1) is 5.69 Å². The number of fused-ring (bicyclic) bond motifs is 1. The topological polar surface area (TPSA) is 57.2 Å². The van der Waals surface area contributed by atoms with Crippen molar-refractivity contribution in [2.24, 2.45) is 11.7 Å². The predicted octanol–water partition coefficient (Wildman–Crippen LogP) is 6.28. The standard InChI is InChI=1S/C27H36N2O2/c1-4-9-21(18-28)10-8-17-29-24-12-7-6-11-23(24)27(26(30)5-2)25(29)19-31-22-15-13-20(3)14-16-22/h6-7,11-16,21H,4-5,8-10,17-19,28H2,1-3H3. The molecule has 0 radical (unpaired) electrons. The molecular formula is C27H36N2O2. The number of ketones is 1. The molecule has 0 fully saturated rings. The van der Waals surface area contributed by atoms with E-state index in [1.807, 2.05) is 43.3 Å². The quantitative estimate of drug-likeness (QED) is 0.351. The van der Waals surface area contributed by atoms with Gasteiger partial charge in [-0.05, 0) is 56.8 Å². The number of hydrogen-bond donors (Lipinski definition) is 1. The number of ether oxygens (including phenoxy) is 1. The summed E-state index contributed by atoms with van der Waals surface area (Å²) >= 11 is 0. The van der Waals surface area contributed by atoms with E-state index < -0.39 is 0 Å². The van der Waals surface area contributed by atoms with Crippen LogP contribution in [0.3, 0.4) is 0 Å². The van der Waals surface area contributed by atoms with Crippen LogP contribution in [0.25, 0.3) is 10.9 Å². The average molecular weight is 421 g/mol. The van der Waals surface area contributed by atoms with Gasteiger partial charge in [-0.15, -0.1) is 0 Å². The fourth-order valence-electron chi connectivity index (χ4n) is 4.36. The molecule has 0 aliphatic rings. The number of nitrogens with two attached hydrogens (primary N) is 1. The predicted molar refractivity (Wildman–Crippen MR) is 129 cm³/mol. The minimum absolute atomic E-state index is 0.170. The summed E-state index contributed by atoms with van der Waals surface area (Å²) in [7, 11) is 0. The molecule has 1 unspecified atom stereocenters. The van der Waals surface area contributed by atoms with Crippen LogP contribution in [0.4, 0.5) is 0 Å². The molecule has 0 amide bonds. The van der Waals surface area contributed by atoms with Crippen molar-refractivity contribution in [1.82, 2.24) is 4.57 Å². The molecule has 4 heteroatoms. The molecule has 0 saturated carbocycles. The third kappa shape index (κ3) is 5.56. The van der Waals surface area contributed by atoms with E-state index in [1.54, 1.807) is 0 Å². The van der Waals surface area contributed by atoms with Crippen molar-refractivity contribution in [3.8, 4) is 5.75 Å². The molecule has 2 aromatic carbocycles. The maximum Gasteiger partial charge on any atom is 0.165 e. The molecule has 0 aliphatic carbocycles. The van der Waals surface area contributed by atoms with Gasteiger partial charge >= 0.3 is 0 Å². The Balaban J connectivity index is 1.92. The Morgan fingerprint density at radius 1 is 1.06 bits per heavy atom. The molecule has 4 nitrogen and oxygen atoms in total. The Morgan fingerprint density at radius 2 is 1.81 bits per heavy atom. The number of carbonyl (C=O) groups is 1. The van der Waals surface area contributed by atoms with Crippen molar-refractivity contribution in [2.45, 2.75) is 66.0 Å². The molecule has 31 heavy (non-hydrogen) atoms. The molecule has 166 valence electrons. The van der Waals surface area contributed by atoms with Crippen molar-refractivity contribution >= 4 is 16.7 Å². The lowest BCUT2D eigenvalue weighted by Gasteiger charge is -2.16. The van der Waals surface area contributed by atoms with Crippen molar-refractivity contribution < 1.29 is 9.53 Å². The third-order valence-electron chi connectivity index (χ3n) is 6.10. The average Bonchev–Trinajstić information content (AvgIpc) is 3.11. The molecule has 3 rings (SSSR count). The summed E-state index contributed by atoms with van der Waals surface area (Å²) in [5.74, 6) is 1.56. The summed E-state index contributed by atoms with van der Waals surface area (Å²) in [6.07, 6.45) is 4.96. The number of aromatic nitrogens is 1. The van der Waals surface area contributed by atoms with Crippen LogP contribution in [0.1, 0.15) is 67.6 Å². The largest absolute Gasteiger partial charge is 0.487 e. The second-order valence-corrected chi connectivity index (χ2v) is 8.40. The summed E-state index contributed by atoms with van der Waals surface area (Å²) in [4.78, 5) is 12.9. The summed E-state index contributed by atoms with van der Waals surface area (Å²) in [5, 5.41) is 1.03. The van der Waals surface area contributed by atoms with Crippen LogP contribution < -0.4 is 10.5 Å². The lowest BCUT2D eigenvalue weighted by Crippen LogP contribution is -2.16. The molecule has 0 bridgehead atoms. The van der Waals surface area contributed by atoms with E-state index in [0.29, 0.717) is 18.9 Å². The molecule has 2 N–H and O–H groups in total.